The smallest absolute Gasteiger partial charge is 0.278 e. The maximum Gasteiger partial charge on any atom is 0.278 e. The number of benzene rings is 3. The maximum atomic E-state index is 14.0. The molecule has 1 N–H and O–H groups in total. The largest absolute Gasteiger partial charge is 0.497 e. The summed E-state index contributed by atoms with van der Waals surface area (Å²) in [6.07, 6.45) is 1.70. The molecule has 216 valence electrons. The number of hydrogen-bond donors (Lipinski definition) is 1. The van der Waals surface area contributed by atoms with Gasteiger partial charge in [0.05, 0.1) is 19.3 Å². The third kappa shape index (κ3) is 6.61. The summed E-state index contributed by atoms with van der Waals surface area (Å²) in [7, 11) is 1.64. The summed E-state index contributed by atoms with van der Waals surface area (Å²) in [5.74, 6) is 1.90. The highest BCUT2D eigenvalue weighted by Crippen LogP contribution is 2.27. The van der Waals surface area contributed by atoms with Gasteiger partial charge in [0.2, 0.25) is 5.95 Å². The zero-order chi connectivity index (χ0) is 29.5. The average Bonchev–Trinajstić information content (AvgIpc) is 3.02. The van der Waals surface area contributed by atoms with Gasteiger partial charge in [-0.2, -0.15) is 0 Å². The molecule has 0 aliphatic carbocycles. The molecular formula is C34H37N5O3. The van der Waals surface area contributed by atoms with E-state index in [1.807, 2.05) is 85.8 Å². The van der Waals surface area contributed by atoms with E-state index in [0.717, 1.165) is 59.2 Å². The van der Waals surface area contributed by atoms with Gasteiger partial charge in [0.25, 0.3) is 5.56 Å². The van der Waals surface area contributed by atoms with Crippen LogP contribution in [0.3, 0.4) is 0 Å². The number of aryl methyl sites for hydroxylation is 1. The molecule has 8 nitrogen and oxygen atoms in total. The van der Waals surface area contributed by atoms with Gasteiger partial charge in [-0.1, -0.05) is 50.2 Å². The Morgan fingerprint density at radius 3 is 2.45 bits per heavy atom. The number of hydrogen-bond acceptors (Lipinski definition) is 7. The van der Waals surface area contributed by atoms with Crippen LogP contribution < -0.4 is 20.3 Å². The molecule has 8 heteroatoms. The molecule has 0 atom stereocenters. The Hall–Kier alpha value is -4.69. The maximum absolute atomic E-state index is 14.0. The van der Waals surface area contributed by atoms with Gasteiger partial charge < -0.3 is 24.3 Å². The first-order chi connectivity index (χ1) is 20.5. The van der Waals surface area contributed by atoms with Crippen LogP contribution >= 0.6 is 0 Å². The Balaban J connectivity index is 1.44. The quantitative estimate of drug-likeness (QED) is 0.191. The highest BCUT2D eigenvalue weighted by Gasteiger charge is 2.16. The van der Waals surface area contributed by atoms with E-state index in [2.05, 4.69) is 34.0 Å². The van der Waals surface area contributed by atoms with Gasteiger partial charge in [0.15, 0.2) is 0 Å². The molecule has 0 amide bonds. The highest BCUT2D eigenvalue weighted by atomic mass is 16.5. The van der Waals surface area contributed by atoms with Crippen molar-refractivity contribution in [3.8, 4) is 22.8 Å². The van der Waals surface area contributed by atoms with Gasteiger partial charge in [-0.05, 0) is 73.6 Å². The van der Waals surface area contributed by atoms with Crippen LogP contribution in [0, 0.1) is 6.92 Å². The molecule has 0 bridgehead atoms. The standard InChI is InChI=1S/C34H37N5O3/c1-5-38(6-2)18-19-42-28-16-14-27(15-17-28)36-34-35-22-26-21-31(30-13-8-7-10-24(30)3)39(33(40)32(26)37-34)23-25-11-9-12-29(20-25)41-4/h7-17,20-22H,5-6,18-19,23H2,1-4H3,(H,35,36,37). The highest BCUT2D eigenvalue weighted by molar-refractivity contribution is 5.83. The van der Waals surface area contributed by atoms with Gasteiger partial charge in [-0.25, -0.2) is 9.97 Å². The second kappa shape index (κ2) is 13.3. The summed E-state index contributed by atoms with van der Waals surface area (Å²) in [6, 6.07) is 25.5. The average molecular weight is 564 g/mol. The van der Waals surface area contributed by atoms with Gasteiger partial charge in [-0.3, -0.25) is 4.79 Å². The zero-order valence-corrected chi connectivity index (χ0v) is 24.6. The van der Waals surface area contributed by atoms with Crippen LogP contribution in [0.25, 0.3) is 22.2 Å². The fourth-order valence-electron chi connectivity index (χ4n) is 4.98. The first-order valence-electron chi connectivity index (χ1n) is 14.3. The minimum Gasteiger partial charge on any atom is -0.497 e. The second-order valence-electron chi connectivity index (χ2n) is 10.1. The van der Waals surface area contributed by atoms with Crippen molar-refractivity contribution >= 4 is 22.5 Å². The number of methoxy groups -OCH3 is 1. The van der Waals surface area contributed by atoms with Crippen molar-refractivity contribution in [1.29, 1.82) is 0 Å². The molecule has 3 aromatic carbocycles. The number of rotatable bonds is 12. The van der Waals surface area contributed by atoms with Crippen molar-refractivity contribution in [3.63, 3.8) is 0 Å². The summed E-state index contributed by atoms with van der Waals surface area (Å²) < 4.78 is 13.1. The van der Waals surface area contributed by atoms with Crippen molar-refractivity contribution in [2.75, 3.05) is 38.7 Å². The van der Waals surface area contributed by atoms with E-state index < -0.39 is 0 Å². The number of nitrogens with one attached hydrogen (secondary N) is 1. The monoisotopic (exact) mass is 563 g/mol. The van der Waals surface area contributed by atoms with Crippen LogP contribution in [0.4, 0.5) is 11.6 Å². The van der Waals surface area contributed by atoms with E-state index in [-0.39, 0.29) is 5.56 Å². The Morgan fingerprint density at radius 1 is 0.929 bits per heavy atom. The zero-order valence-electron chi connectivity index (χ0n) is 24.6. The summed E-state index contributed by atoms with van der Waals surface area (Å²) in [5.41, 5.74) is 4.81. The van der Waals surface area contributed by atoms with Crippen molar-refractivity contribution in [3.05, 3.63) is 107 Å². The molecule has 2 aromatic heterocycles. The molecule has 2 heterocycles. The Labute approximate surface area is 246 Å². The first-order valence-corrected chi connectivity index (χ1v) is 14.3. The van der Waals surface area contributed by atoms with Crippen LogP contribution in [0.1, 0.15) is 25.0 Å². The van der Waals surface area contributed by atoms with Crippen LogP contribution in [0.5, 0.6) is 11.5 Å². The molecule has 42 heavy (non-hydrogen) atoms. The summed E-state index contributed by atoms with van der Waals surface area (Å²) in [6.45, 7) is 10.3. The third-order valence-corrected chi connectivity index (χ3v) is 7.42. The SMILES string of the molecule is CCN(CC)CCOc1ccc(Nc2ncc3cc(-c4ccccc4C)n(Cc4cccc(OC)c4)c(=O)c3n2)cc1. The third-order valence-electron chi connectivity index (χ3n) is 7.42. The normalized spacial score (nSPS) is 11.2. The van der Waals surface area contributed by atoms with E-state index in [9.17, 15) is 4.79 Å². The molecular weight excluding hydrogens is 526 g/mol. The summed E-state index contributed by atoms with van der Waals surface area (Å²) in [4.78, 5) is 25.5. The molecule has 0 aliphatic heterocycles. The molecule has 0 spiro atoms. The molecule has 0 unspecified atom stereocenters. The Morgan fingerprint density at radius 2 is 1.71 bits per heavy atom. The minimum atomic E-state index is -0.184. The molecule has 0 fully saturated rings. The minimum absolute atomic E-state index is 0.184. The number of pyridine rings is 1. The van der Waals surface area contributed by atoms with Crippen molar-refractivity contribution in [2.24, 2.45) is 0 Å². The lowest BCUT2D eigenvalue weighted by atomic mass is 10.0. The van der Waals surface area contributed by atoms with Crippen LogP contribution in [-0.2, 0) is 6.54 Å². The molecule has 0 aliphatic rings. The van der Waals surface area contributed by atoms with Gasteiger partial charge in [0.1, 0.15) is 23.6 Å². The van der Waals surface area contributed by atoms with Gasteiger partial charge >= 0.3 is 0 Å². The Kier molecular flexibility index (Phi) is 9.14. The predicted molar refractivity (Wildman–Crippen MR) is 169 cm³/mol. The second-order valence-corrected chi connectivity index (χ2v) is 10.1. The number of anilines is 2. The van der Waals surface area contributed by atoms with E-state index in [1.165, 1.54) is 0 Å². The number of likely N-dealkylation sites (N-methyl/N-ethyl adjacent to an activating group) is 1. The number of aromatic nitrogens is 3. The fraction of sp³-hybridized carbons (Fsp3) is 0.265. The Bertz CT molecular complexity index is 1710. The van der Waals surface area contributed by atoms with Crippen LogP contribution in [0.2, 0.25) is 0 Å². The molecule has 5 rings (SSSR count). The first kappa shape index (κ1) is 28.8. The summed E-state index contributed by atoms with van der Waals surface area (Å²) >= 11 is 0. The van der Waals surface area contributed by atoms with Gasteiger partial charge in [-0.15, -0.1) is 0 Å². The predicted octanol–water partition coefficient (Wildman–Crippen LogP) is 6.29. The lowest BCUT2D eigenvalue weighted by Crippen LogP contribution is -2.27. The topological polar surface area (TPSA) is 81.5 Å². The molecule has 0 saturated carbocycles. The van der Waals surface area contributed by atoms with Crippen LogP contribution in [-0.4, -0.2) is 52.8 Å². The van der Waals surface area contributed by atoms with E-state index in [1.54, 1.807) is 17.9 Å². The van der Waals surface area contributed by atoms with Crippen LogP contribution in [0.15, 0.2) is 89.9 Å². The number of nitrogens with zero attached hydrogens (tertiary/aromatic N) is 4. The molecule has 0 saturated heterocycles. The van der Waals surface area contributed by atoms with Gasteiger partial charge in [0, 0.05) is 29.4 Å². The lowest BCUT2D eigenvalue weighted by molar-refractivity contribution is 0.223. The lowest BCUT2D eigenvalue weighted by Gasteiger charge is -2.18. The van der Waals surface area contributed by atoms with Crippen molar-refractivity contribution in [1.82, 2.24) is 19.4 Å². The molecule has 5 aromatic rings. The molecule has 0 radical (unpaired) electrons. The summed E-state index contributed by atoms with van der Waals surface area (Å²) in [5, 5.41) is 3.92. The fourth-order valence-corrected chi connectivity index (χ4v) is 4.98. The number of ether oxygens (including phenoxy) is 2. The van der Waals surface area contributed by atoms with Crippen molar-refractivity contribution < 1.29 is 9.47 Å². The van der Waals surface area contributed by atoms with E-state index in [0.29, 0.717) is 30.0 Å². The van der Waals surface area contributed by atoms with E-state index in [4.69, 9.17) is 9.47 Å². The number of fused-ring (bicyclic) bond motifs is 1. The van der Waals surface area contributed by atoms with Crippen molar-refractivity contribution in [2.45, 2.75) is 27.3 Å². The van der Waals surface area contributed by atoms with E-state index >= 15 is 0 Å².